The number of rotatable bonds is 6. The molecule has 112 valence electrons. The van der Waals surface area contributed by atoms with Crippen molar-refractivity contribution in [1.29, 1.82) is 0 Å². The van der Waals surface area contributed by atoms with Gasteiger partial charge >= 0.3 is 0 Å². The fraction of sp³-hybridized carbons (Fsp3) is 0.471. The molecule has 3 rings (SSSR count). The van der Waals surface area contributed by atoms with Crippen molar-refractivity contribution in [1.82, 2.24) is 19.8 Å². The van der Waals surface area contributed by atoms with Crippen LogP contribution in [0.5, 0.6) is 0 Å². The van der Waals surface area contributed by atoms with Crippen LogP contribution in [0.4, 0.5) is 0 Å². The number of nitrogens with one attached hydrogen (secondary N) is 1. The van der Waals surface area contributed by atoms with Crippen LogP contribution in [0, 0.1) is 0 Å². The van der Waals surface area contributed by atoms with Crippen LogP contribution >= 0.6 is 0 Å². The third-order valence-electron chi connectivity index (χ3n) is 4.12. The molecule has 1 aliphatic rings. The fourth-order valence-electron chi connectivity index (χ4n) is 2.85. The molecule has 0 bridgehead atoms. The number of likely N-dealkylation sites (tertiary alicyclic amines) is 1. The van der Waals surface area contributed by atoms with E-state index in [1.807, 2.05) is 17.1 Å². The Labute approximate surface area is 126 Å². The lowest BCUT2D eigenvalue weighted by molar-refractivity contribution is 0.229. The highest BCUT2D eigenvalue weighted by molar-refractivity contribution is 5.34. The largest absolute Gasteiger partial charge is 0.311 e. The first-order chi connectivity index (χ1) is 10.4. The van der Waals surface area contributed by atoms with Crippen LogP contribution in [0.15, 0.2) is 43.0 Å². The average molecular weight is 284 g/mol. The van der Waals surface area contributed by atoms with Crippen molar-refractivity contribution in [3.8, 4) is 5.69 Å². The van der Waals surface area contributed by atoms with Crippen LogP contribution in [0.1, 0.15) is 24.8 Å². The van der Waals surface area contributed by atoms with E-state index >= 15 is 0 Å². The van der Waals surface area contributed by atoms with Crippen molar-refractivity contribution < 1.29 is 0 Å². The van der Waals surface area contributed by atoms with Crippen LogP contribution in [-0.4, -0.2) is 40.6 Å². The standard InChI is InChI=1S/C17H24N4/c1-2-10-20(11-3-1)12-8-18-14-16-4-6-17(7-5-16)21-13-9-19-15-21/h4-7,9,13,15,18H,1-3,8,10-12,14H2. The monoisotopic (exact) mass is 284 g/mol. The third-order valence-corrected chi connectivity index (χ3v) is 4.12. The molecule has 1 saturated heterocycles. The predicted molar refractivity (Wildman–Crippen MR) is 85.6 cm³/mol. The van der Waals surface area contributed by atoms with E-state index in [0.29, 0.717) is 0 Å². The van der Waals surface area contributed by atoms with E-state index in [1.165, 1.54) is 44.5 Å². The molecule has 0 radical (unpaired) electrons. The SMILES string of the molecule is c1cn(-c2ccc(CNCCN3CCCCC3)cc2)cn1. The molecule has 0 saturated carbocycles. The number of hydrogen-bond donors (Lipinski definition) is 1. The van der Waals surface area contributed by atoms with Crippen molar-refractivity contribution in [2.75, 3.05) is 26.2 Å². The van der Waals surface area contributed by atoms with Gasteiger partial charge in [-0.25, -0.2) is 4.98 Å². The van der Waals surface area contributed by atoms with Gasteiger partial charge in [-0.2, -0.15) is 0 Å². The molecule has 4 nitrogen and oxygen atoms in total. The molecule has 1 fully saturated rings. The first kappa shape index (κ1) is 14.3. The van der Waals surface area contributed by atoms with Crippen LogP contribution < -0.4 is 5.32 Å². The van der Waals surface area contributed by atoms with Crippen molar-refractivity contribution in [3.63, 3.8) is 0 Å². The van der Waals surface area contributed by atoms with Crippen LogP contribution in [-0.2, 0) is 6.54 Å². The molecule has 0 aliphatic carbocycles. The maximum Gasteiger partial charge on any atom is 0.0991 e. The molecule has 2 heterocycles. The van der Waals surface area contributed by atoms with Crippen LogP contribution in [0.25, 0.3) is 5.69 Å². The molecular weight excluding hydrogens is 260 g/mol. The Kier molecular flexibility index (Phi) is 5.03. The van der Waals surface area contributed by atoms with Crippen LogP contribution in [0.2, 0.25) is 0 Å². The molecule has 0 spiro atoms. The van der Waals surface area contributed by atoms with E-state index in [4.69, 9.17) is 0 Å². The lowest BCUT2D eigenvalue weighted by atomic mass is 10.1. The number of piperidine rings is 1. The summed E-state index contributed by atoms with van der Waals surface area (Å²) in [6.45, 7) is 5.75. The van der Waals surface area contributed by atoms with Gasteiger partial charge in [0, 0.05) is 37.7 Å². The zero-order chi connectivity index (χ0) is 14.3. The smallest absolute Gasteiger partial charge is 0.0991 e. The van der Waals surface area contributed by atoms with Gasteiger partial charge in [-0.1, -0.05) is 18.6 Å². The van der Waals surface area contributed by atoms with Gasteiger partial charge < -0.3 is 14.8 Å². The van der Waals surface area contributed by atoms with Gasteiger partial charge in [0.1, 0.15) is 0 Å². The average Bonchev–Trinajstić information content (AvgIpc) is 3.08. The van der Waals surface area contributed by atoms with Gasteiger partial charge in [0.15, 0.2) is 0 Å². The minimum absolute atomic E-state index is 0.943. The first-order valence-corrected chi connectivity index (χ1v) is 7.92. The topological polar surface area (TPSA) is 33.1 Å². The maximum absolute atomic E-state index is 4.07. The molecule has 0 amide bonds. The summed E-state index contributed by atoms with van der Waals surface area (Å²) < 4.78 is 2.02. The van der Waals surface area contributed by atoms with E-state index in [9.17, 15) is 0 Å². The number of hydrogen-bond acceptors (Lipinski definition) is 3. The summed E-state index contributed by atoms with van der Waals surface area (Å²) in [6.07, 6.45) is 9.74. The van der Waals surface area contributed by atoms with Crippen molar-refractivity contribution >= 4 is 0 Å². The molecular formula is C17H24N4. The fourth-order valence-corrected chi connectivity index (χ4v) is 2.85. The van der Waals surface area contributed by atoms with Gasteiger partial charge in [0.05, 0.1) is 6.33 Å². The molecule has 21 heavy (non-hydrogen) atoms. The lowest BCUT2D eigenvalue weighted by Gasteiger charge is -2.26. The van der Waals surface area contributed by atoms with E-state index < -0.39 is 0 Å². The Morgan fingerprint density at radius 2 is 1.86 bits per heavy atom. The summed E-state index contributed by atoms with van der Waals surface area (Å²) in [5.74, 6) is 0. The molecule has 1 N–H and O–H groups in total. The van der Waals surface area contributed by atoms with Gasteiger partial charge in [-0.3, -0.25) is 0 Å². The molecule has 0 unspecified atom stereocenters. The number of imidazole rings is 1. The van der Waals surface area contributed by atoms with E-state index in [-0.39, 0.29) is 0 Å². The Morgan fingerprint density at radius 3 is 2.57 bits per heavy atom. The van der Waals surface area contributed by atoms with Gasteiger partial charge in [-0.05, 0) is 43.6 Å². The molecule has 4 heteroatoms. The van der Waals surface area contributed by atoms with E-state index in [0.717, 1.165) is 18.8 Å². The zero-order valence-corrected chi connectivity index (χ0v) is 12.5. The summed E-state index contributed by atoms with van der Waals surface area (Å²) in [7, 11) is 0. The highest BCUT2D eigenvalue weighted by atomic mass is 15.1. The number of nitrogens with zero attached hydrogens (tertiary/aromatic N) is 3. The Morgan fingerprint density at radius 1 is 1.05 bits per heavy atom. The second kappa shape index (κ2) is 7.38. The Hall–Kier alpha value is -1.65. The minimum atomic E-state index is 0.943. The third kappa shape index (κ3) is 4.16. The van der Waals surface area contributed by atoms with Crippen molar-refractivity contribution in [2.45, 2.75) is 25.8 Å². The van der Waals surface area contributed by atoms with E-state index in [2.05, 4.69) is 39.5 Å². The Bertz CT molecular complexity index is 512. The summed E-state index contributed by atoms with van der Waals surface area (Å²) in [5, 5.41) is 3.54. The van der Waals surface area contributed by atoms with Crippen molar-refractivity contribution in [3.05, 3.63) is 48.5 Å². The van der Waals surface area contributed by atoms with Gasteiger partial charge in [0.25, 0.3) is 0 Å². The highest BCUT2D eigenvalue weighted by Gasteiger charge is 2.08. The Balaban J connectivity index is 1.41. The summed E-state index contributed by atoms with van der Waals surface area (Å²) in [4.78, 5) is 6.64. The second-order valence-corrected chi connectivity index (χ2v) is 5.72. The summed E-state index contributed by atoms with van der Waals surface area (Å²) in [5.41, 5.74) is 2.49. The lowest BCUT2D eigenvalue weighted by Crippen LogP contribution is -2.35. The zero-order valence-electron chi connectivity index (χ0n) is 12.5. The first-order valence-electron chi connectivity index (χ1n) is 7.92. The quantitative estimate of drug-likeness (QED) is 0.827. The summed E-state index contributed by atoms with van der Waals surface area (Å²) >= 11 is 0. The predicted octanol–water partition coefficient (Wildman–Crippen LogP) is 2.45. The minimum Gasteiger partial charge on any atom is -0.311 e. The second-order valence-electron chi connectivity index (χ2n) is 5.72. The maximum atomic E-state index is 4.07. The van der Waals surface area contributed by atoms with Crippen molar-refractivity contribution in [2.24, 2.45) is 0 Å². The summed E-state index contributed by atoms with van der Waals surface area (Å²) in [6, 6.07) is 8.65. The molecule has 0 atom stereocenters. The molecule has 1 aromatic heterocycles. The van der Waals surface area contributed by atoms with Crippen LogP contribution in [0.3, 0.4) is 0 Å². The van der Waals surface area contributed by atoms with Gasteiger partial charge in [-0.15, -0.1) is 0 Å². The highest BCUT2D eigenvalue weighted by Crippen LogP contribution is 2.09. The molecule has 2 aromatic rings. The number of aromatic nitrogens is 2. The number of benzene rings is 1. The molecule has 1 aliphatic heterocycles. The van der Waals surface area contributed by atoms with Gasteiger partial charge in [0.2, 0.25) is 0 Å². The molecule has 1 aromatic carbocycles. The van der Waals surface area contributed by atoms with E-state index in [1.54, 1.807) is 6.20 Å². The normalized spacial score (nSPS) is 16.2.